The normalized spacial score (nSPS) is 9.76. The number of carbonyl (C=O) groups excluding carboxylic acids is 2. The van der Waals surface area contributed by atoms with Crippen molar-refractivity contribution < 1.29 is 19.1 Å². The molecule has 0 heterocycles. The van der Waals surface area contributed by atoms with Crippen LogP contribution in [0, 0.1) is 0 Å². The van der Waals surface area contributed by atoms with Crippen molar-refractivity contribution in [1.29, 1.82) is 0 Å². The standard InChI is InChI=1S/C10H21N3O4/c1-16-7-3-5-11-9(14)13-10(15)12-6-4-8-17-2/h3-8H2,1-2H3,(H3,11,12,13,14,15). The number of ether oxygens (including phenoxy) is 2. The van der Waals surface area contributed by atoms with Gasteiger partial charge in [-0.1, -0.05) is 0 Å². The second-order valence-corrected chi connectivity index (χ2v) is 3.33. The zero-order valence-corrected chi connectivity index (χ0v) is 10.4. The number of carbonyl (C=O) groups is 2. The minimum Gasteiger partial charge on any atom is -0.385 e. The number of hydrogen-bond acceptors (Lipinski definition) is 4. The summed E-state index contributed by atoms with van der Waals surface area (Å²) >= 11 is 0. The summed E-state index contributed by atoms with van der Waals surface area (Å²) in [4.78, 5) is 22.3. The summed E-state index contributed by atoms with van der Waals surface area (Å²) in [5, 5.41) is 7.22. The Kier molecular flexibility index (Phi) is 10.3. The van der Waals surface area contributed by atoms with E-state index in [0.29, 0.717) is 39.1 Å². The molecule has 17 heavy (non-hydrogen) atoms. The van der Waals surface area contributed by atoms with Crippen LogP contribution in [0.5, 0.6) is 0 Å². The van der Waals surface area contributed by atoms with Crippen LogP contribution in [0.1, 0.15) is 12.8 Å². The van der Waals surface area contributed by atoms with E-state index in [-0.39, 0.29) is 0 Å². The third-order valence-corrected chi connectivity index (χ3v) is 1.85. The molecule has 0 spiro atoms. The maximum atomic E-state index is 11.2. The molecular weight excluding hydrogens is 226 g/mol. The molecule has 0 aliphatic carbocycles. The molecule has 0 saturated heterocycles. The lowest BCUT2D eigenvalue weighted by molar-refractivity contribution is 0.192. The van der Waals surface area contributed by atoms with Crippen molar-refractivity contribution in [1.82, 2.24) is 16.0 Å². The van der Waals surface area contributed by atoms with Crippen molar-refractivity contribution in [3.8, 4) is 0 Å². The van der Waals surface area contributed by atoms with E-state index in [1.54, 1.807) is 14.2 Å². The third-order valence-electron chi connectivity index (χ3n) is 1.85. The fourth-order valence-electron chi connectivity index (χ4n) is 1.03. The Bertz CT molecular complexity index is 202. The average molecular weight is 247 g/mol. The second-order valence-electron chi connectivity index (χ2n) is 3.33. The molecular formula is C10H21N3O4. The van der Waals surface area contributed by atoms with E-state index in [2.05, 4.69) is 16.0 Å². The predicted molar refractivity (Wildman–Crippen MR) is 62.9 cm³/mol. The van der Waals surface area contributed by atoms with Gasteiger partial charge in [0.1, 0.15) is 0 Å². The Hall–Kier alpha value is -1.34. The molecule has 0 bridgehead atoms. The summed E-state index contributed by atoms with van der Waals surface area (Å²) in [5.41, 5.74) is 0. The molecule has 0 aliphatic rings. The maximum absolute atomic E-state index is 11.2. The summed E-state index contributed by atoms with van der Waals surface area (Å²) in [6, 6.07) is -1.02. The summed E-state index contributed by atoms with van der Waals surface area (Å²) < 4.78 is 9.64. The lowest BCUT2D eigenvalue weighted by atomic mass is 10.4. The monoisotopic (exact) mass is 247 g/mol. The molecule has 0 atom stereocenters. The molecule has 7 heteroatoms. The Morgan fingerprint density at radius 2 is 1.29 bits per heavy atom. The Balaban J connectivity index is 3.42. The highest BCUT2D eigenvalue weighted by Crippen LogP contribution is 1.79. The lowest BCUT2D eigenvalue weighted by Gasteiger charge is -2.07. The minimum atomic E-state index is -0.509. The molecule has 0 aliphatic heterocycles. The van der Waals surface area contributed by atoms with E-state index in [1.165, 1.54) is 0 Å². The number of imide groups is 1. The number of urea groups is 2. The molecule has 0 unspecified atom stereocenters. The van der Waals surface area contributed by atoms with Gasteiger partial charge in [-0.15, -0.1) is 0 Å². The van der Waals surface area contributed by atoms with E-state index in [9.17, 15) is 9.59 Å². The average Bonchev–Trinajstić information content (AvgIpc) is 2.30. The molecule has 0 fully saturated rings. The molecule has 0 radical (unpaired) electrons. The van der Waals surface area contributed by atoms with Crippen LogP contribution >= 0.6 is 0 Å². The largest absolute Gasteiger partial charge is 0.385 e. The number of hydrogen-bond donors (Lipinski definition) is 3. The van der Waals surface area contributed by atoms with E-state index in [4.69, 9.17) is 9.47 Å². The second kappa shape index (κ2) is 11.2. The summed E-state index contributed by atoms with van der Waals surface area (Å²) in [5.74, 6) is 0. The van der Waals surface area contributed by atoms with Crippen molar-refractivity contribution >= 4 is 12.1 Å². The van der Waals surface area contributed by atoms with Crippen LogP contribution in [-0.2, 0) is 9.47 Å². The molecule has 0 aromatic carbocycles. The van der Waals surface area contributed by atoms with Gasteiger partial charge in [0, 0.05) is 40.5 Å². The van der Waals surface area contributed by atoms with E-state index < -0.39 is 12.1 Å². The summed E-state index contributed by atoms with van der Waals surface area (Å²) in [6.45, 7) is 2.08. The Labute approximate surface area is 101 Å². The first-order valence-corrected chi connectivity index (χ1v) is 5.51. The van der Waals surface area contributed by atoms with Gasteiger partial charge in [0.2, 0.25) is 0 Å². The van der Waals surface area contributed by atoms with Crippen LogP contribution in [0.4, 0.5) is 9.59 Å². The van der Waals surface area contributed by atoms with Gasteiger partial charge in [-0.05, 0) is 12.8 Å². The molecule has 0 aromatic heterocycles. The molecule has 0 aromatic rings. The van der Waals surface area contributed by atoms with Gasteiger partial charge in [-0.3, -0.25) is 5.32 Å². The fraction of sp³-hybridized carbons (Fsp3) is 0.800. The number of nitrogens with one attached hydrogen (secondary N) is 3. The van der Waals surface area contributed by atoms with Crippen molar-refractivity contribution in [2.45, 2.75) is 12.8 Å². The first kappa shape index (κ1) is 15.7. The molecule has 3 N–H and O–H groups in total. The first-order chi connectivity index (χ1) is 8.20. The lowest BCUT2D eigenvalue weighted by Crippen LogP contribution is -2.45. The van der Waals surface area contributed by atoms with Gasteiger partial charge >= 0.3 is 12.1 Å². The van der Waals surface area contributed by atoms with E-state index in [0.717, 1.165) is 0 Å². The Morgan fingerprint density at radius 1 is 0.882 bits per heavy atom. The van der Waals surface area contributed by atoms with Crippen molar-refractivity contribution in [2.75, 3.05) is 40.5 Å². The predicted octanol–water partition coefficient (Wildman–Crippen LogP) is 0.0682. The van der Waals surface area contributed by atoms with Gasteiger partial charge in [-0.2, -0.15) is 0 Å². The maximum Gasteiger partial charge on any atom is 0.322 e. The van der Waals surface area contributed by atoms with Gasteiger partial charge in [0.15, 0.2) is 0 Å². The highest BCUT2D eigenvalue weighted by molar-refractivity contribution is 5.93. The van der Waals surface area contributed by atoms with E-state index in [1.807, 2.05) is 0 Å². The van der Waals surface area contributed by atoms with Gasteiger partial charge < -0.3 is 20.1 Å². The van der Waals surface area contributed by atoms with Crippen LogP contribution in [0.3, 0.4) is 0 Å². The number of rotatable bonds is 8. The van der Waals surface area contributed by atoms with Crippen LogP contribution < -0.4 is 16.0 Å². The SMILES string of the molecule is COCCCNC(=O)NC(=O)NCCCOC. The summed E-state index contributed by atoms with van der Waals surface area (Å²) in [7, 11) is 3.18. The number of amides is 4. The topological polar surface area (TPSA) is 88.7 Å². The minimum absolute atomic E-state index is 0.469. The van der Waals surface area contributed by atoms with Crippen LogP contribution in [-0.4, -0.2) is 52.6 Å². The smallest absolute Gasteiger partial charge is 0.322 e. The van der Waals surface area contributed by atoms with Gasteiger partial charge in [-0.25, -0.2) is 9.59 Å². The van der Waals surface area contributed by atoms with Crippen molar-refractivity contribution in [2.24, 2.45) is 0 Å². The van der Waals surface area contributed by atoms with Crippen molar-refractivity contribution in [3.05, 3.63) is 0 Å². The van der Waals surface area contributed by atoms with Gasteiger partial charge in [0.25, 0.3) is 0 Å². The zero-order chi connectivity index (χ0) is 12.9. The fourth-order valence-corrected chi connectivity index (χ4v) is 1.03. The zero-order valence-electron chi connectivity index (χ0n) is 10.4. The quantitative estimate of drug-likeness (QED) is 0.529. The van der Waals surface area contributed by atoms with Gasteiger partial charge in [0.05, 0.1) is 0 Å². The Morgan fingerprint density at radius 3 is 1.65 bits per heavy atom. The third kappa shape index (κ3) is 10.9. The number of methoxy groups -OCH3 is 2. The van der Waals surface area contributed by atoms with E-state index >= 15 is 0 Å². The van der Waals surface area contributed by atoms with Crippen LogP contribution in [0.15, 0.2) is 0 Å². The van der Waals surface area contributed by atoms with Crippen LogP contribution in [0.25, 0.3) is 0 Å². The molecule has 100 valence electrons. The molecule has 7 nitrogen and oxygen atoms in total. The molecule has 4 amide bonds. The summed E-state index contributed by atoms with van der Waals surface area (Å²) in [6.07, 6.45) is 1.42. The molecule has 0 rings (SSSR count). The highest BCUT2D eigenvalue weighted by atomic mass is 16.5. The molecule has 0 saturated carbocycles. The highest BCUT2D eigenvalue weighted by Gasteiger charge is 2.05. The van der Waals surface area contributed by atoms with Crippen molar-refractivity contribution in [3.63, 3.8) is 0 Å². The van der Waals surface area contributed by atoms with Crippen LogP contribution in [0.2, 0.25) is 0 Å². The first-order valence-electron chi connectivity index (χ1n) is 5.51.